The Morgan fingerprint density at radius 1 is 1.69 bits per heavy atom. The van der Waals surface area contributed by atoms with Crippen molar-refractivity contribution in [2.24, 2.45) is 0 Å². The second-order valence-corrected chi connectivity index (χ2v) is 3.50. The minimum absolute atomic E-state index is 0.0823. The van der Waals surface area contributed by atoms with Gasteiger partial charge in [-0.15, -0.1) is 0 Å². The maximum atomic E-state index is 10.6. The third-order valence-corrected chi connectivity index (χ3v) is 2.02. The van der Waals surface area contributed by atoms with E-state index in [2.05, 4.69) is 23.5 Å². The van der Waals surface area contributed by atoms with Crippen molar-refractivity contribution in [2.75, 3.05) is 12.8 Å². The van der Waals surface area contributed by atoms with Crippen LogP contribution in [0.5, 0.6) is 0 Å². The molecule has 0 saturated carbocycles. The van der Waals surface area contributed by atoms with Gasteiger partial charge in [0.25, 0.3) is 0 Å². The van der Waals surface area contributed by atoms with E-state index in [0.717, 1.165) is 24.8 Å². The fourth-order valence-electron chi connectivity index (χ4n) is 0.958. The lowest BCUT2D eigenvalue weighted by atomic mass is 10.2. The van der Waals surface area contributed by atoms with Crippen molar-refractivity contribution in [2.45, 2.75) is 25.8 Å². The summed E-state index contributed by atoms with van der Waals surface area (Å²) in [6.07, 6.45) is 4.76. The first kappa shape index (κ1) is 12.5. The molecule has 0 heterocycles. The van der Waals surface area contributed by atoms with Gasteiger partial charge in [-0.1, -0.05) is 31.9 Å². The minimum atomic E-state index is -0.0823. The van der Waals surface area contributed by atoms with Crippen molar-refractivity contribution in [3.8, 4) is 0 Å². The van der Waals surface area contributed by atoms with Crippen molar-refractivity contribution in [3.05, 3.63) is 12.3 Å². The van der Waals surface area contributed by atoms with Crippen LogP contribution < -0.4 is 10.0 Å². The molecule has 0 aliphatic carbocycles. The van der Waals surface area contributed by atoms with E-state index in [9.17, 15) is 4.79 Å². The largest absolute Gasteiger partial charge is 0.378 e. The smallest absolute Gasteiger partial charge is 0.142 e. The molecule has 0 radical (unpaired) electrons. The number of carbonyl (C=O) groups excluding carboxylic acids is 1. The predicted molar refractivity (Wildman–Crippen MR) is 58.6 cm³/mol. The third-order valence-electron chi connectivity index (χ3n) is 1.58. The van der Waals surface area contributed by atoms with Gasteiger partial charge in [0.1, 0.15) is 6.29 Å². The van der Waals surface area contributed by atoms with Gasteiger partial charge in [0.05, 0.1) is 6.04 Å². The van der Waals surface area contributed by atoms with E-state index in [4.69, 9.17) is 0 Å². The van der Waals surface area contributed by atoms with E-state index >= 15 is 0 Å². The highest BCUT2D eigenvalue weighted by Crippen LogP contribution is 1.96. The van der Waals surface area contributed by atoms with Gasteiger partial charge in [0, 0.05) is 12.2 Å². The summed E-state index contributed by atoms with van der Waals surface area (Å²) in [5.74, 6) is 0. The quantitative estimate of drug-likeness (QED) is 0.460. The number of carbonyl (C=O) groups is 1. The molecule has 0 saturated heterocycles. The van der Waals surface area contributed by atoms with Crippen molar-refractivity contribution in [1.29, 1.82) is 0 Å². The summed E-state index contributed by atoms with van der Waals surface area (Å²) in [4.78, 5) is 10.6. The molecular formula is C9H18N2OS. The van der Waals surface area contributed by atoms with Crippen LogP contribution in [0.2, 0.25) is 0 Å². The molecular weight excluding hydrogens is 184 g/mol. The molecule has 0 aromatic heterocycles. The first-order chi connectivity index (χ1) is 6.24. The van der Waals surface area contributed by atoms with Gasteiger partial charge in [-0.3, -0.25) is 4.72 Å². The molecule has 0 aromatic rings. The molecule has 0 fully saturated rings. The van der Waals surface area contributed by atoms with Gasteiger partial charge in [-0.2, -0.15) is 0 Å². The summed E-state index contributed by atoms with van der Waals surface area (Å²) in [6.45, 7) is 6.56. The molecule has 0 rings (SSSR count). The van der Waals surface area contributed by atoms with E-state index in [1.165, 1.54) is 11.9 Å². The Morgan fingerprint density at radius 3 is 2.85 bits per heavy atom. The Hall–Kier alpha value is -0.480. The summed E-state index contributed by atoms with van der Waals surface area (Å²) in [5.41, 5.74) is 0.861. The lowest BCUT2D eigenvalue weighted by Crippen LogP contribution is -2.32. The highest BCUT2D eigenvalue weighted by molar-refractivity contribution is 7.96. The highest BCUT2D eigenvalue weighted by Gasteiger charge is 2.05. The lowest BCUT2D eigenvalue weighted by molar-refractivity contribution is -0.109. The van der Waals surface area contributed by atoms with E-state index in [1.54, 1.807) is 0 Å². The van der Waals surface area contributed by atoms with Crippen molar-refractivity contribution >= 4 is 18.2 Å². The molecule has 2 N–H and O–H groups in total. The van der Waals surface area contributed by atoms with Crippen LogP contribution >= 0.6 is 11.9 Å². The van der Waals surface area contributed by atoms with Gasteiger partial charge in [-0.05, 0) is 12.7 Å². The van der Waals surface area contributed by atoms with E-state index in [-0.39, 0.29) is 6.04 Å². The van der Waals surface area contributed by atoms with Crippen LogP contribution in [0.3, 0.4) is 0 Å². The van der Waals surface area contributed by atoms with E-state index < -0.39 is 0 Å². The van der Waals surface area contributed by atoms with Crippen LogP contribution in [-0.2, 0) is 4.79 Å². The number of hydrogen-bond donors (Lipinski definition) is 2. The van der Waals surface area contributed by atoms with Gasteiger partial charge < -0.3 is 10.1 Å². The highest BCUT2D eigenvalue weighted by atomic mass is 32.2. The predicted octanol–water partition coefficient (Wildman–Crippen LogP) is 1.32. The average molecular weight is 202 g/mol. The molecule has 0 bridgehead atoms. The second kappa shape index (κ2) is 8.13. The summed E-state index contributed by atoms with van der Waals surface area (Å²) in [6, 6.07) is -0.0823. The summed E-state index contributed by atoms with van der Waals surface area (Å²) < 4.78 is 3.06. The van der Waals surface area contributed by atoms with Gasteiger partial charge in [0.15, 0.2) is 0 Å². The van der Waals surface area contributed by atoms with Crippen molar-refractivity contribution in [3.63, 3.8) is 0 Å². The van der Waals surface area contributed by atoms with E-state index in [0.29, 0.717) is 6.54 Å². The molecule has 3 nitrogen and oxygen atoms in total. The Labute approximate surface area is 84.5 Å². The van der Waals surface area contributed by atoms with Gasteiger partial charge >= 0.3 is 0 Å². The number of aldehydes is 1. The topological polar surface area (TPSA) is 41.1 Å². The second-order valence-electron chi connectivity index (χ2n) is 2.80. The number of hydrogen-bond acceptors (Lipinski definition) is 4. The molecule has 0 aromatic carbocycles. The molecule has 0 aliphatic rings. The molecule has 1 unspecified atom stereocenters. The fourth-order valence-corrected chi connectivity index (χ4v) is 1.28. The molecule has 1 atom stereocenters. The van der Waals surface area contributed by atoms with Gasteiger partial charge in [-0.25, -0.2) is 0 Å². The van der Waals surface area contributed by atoms with Crippen LogP contribution in [0.25, 0.3) is 0 Å². The first-order valence-corrected chi connectivity index (χ1v) is 5.62. The molecule has 0 amide bonds. The normalized spacial score (nSPS) is 12.2. The summed E-state index contributed by atoms with van der Waals surface area (Å²) >= 11 is 1.54. The maximum Gasteiger partial charge on any atom is 0.142 e. The number of nitrogens with one attached hydrogen (secondary N) is 2. The molecule has 0 spiro atoms. The lowest BCUT2D eigenvalue weighted by Gasteiger charge is -2.14. The Bertz CT molecular complexity index is 162. The van der Waals surface area contributed by atoms with E-state index in [1.807, 2.05) is 6.26 Å². The Kier molecular flexibility index (Phi) is 7.83. The monoisotopic (exact) mass is 202 g/mol. The summed E-state index contributed by atoms with van der Waals surface area (Å²) in [7, 11) is 0. The molecule has 76 valence electrons. The standard InChI is InChI=1S/C9H18N2OS/c1-4-5-9(7-12)11-8(2)6-10-13-3/h7,9-11H,2,4-6H2,1,3H3. The van der Waals surface area contributed by atoms with Gasteiger partial charge in [0.2, 0.25) is 0 Å². The Morgan fingerprint density at radius 2 is 2.38 bits per heavy atom. The molecule has 0 aliphatic heterocycles. The molecule has 13 heavy (non-hydrogen) atoms. The maximum absolute atomic E-state index is 10.6. The van der Waals surface area contributed by atoms with Crippen LogP contribution in [0.1, 0.15) is 19.8 Å². The van der Waals surface area contributed by atoms with Crippen molar-refractivity contribution in [1.82, 2.24) is 10.0 Å². The average Bonchev–Trinajstić information content (AvgIpc) is 2.14. The number of rotatable bonds is 8. The minimum Gasteiger partial charge on any atom is -0.378 e. The van der Waals surface area contributed by atoms with Crippen LogP contribution in [0, 0.1) is 0 Å². The SMILES string of the molecule is C=C(CNSC)NC(C=O)CCC. The fraction of sp³-hybridized carbons (Fsp3) is 0.667. The Balaban J connectivity index is 3.66. The zero-order chi connectivity index (χ0) is 10.1. The van der Waals surface area contributed by atoms with Crippen LogP contribution in [-0.4, -0.2) is 25.1 Å². The zero-order valence-electron chi connectivity index (χ0n) is 8.30. The first-order valence-electron chi connectivity index (χ1n) is 4.40. The van der Waals surface area contributed by atoms with Crippen LogP contribution in [0.4, 0.5) is 0 Å². The third kappa shape index (κ3) is 6.66. The summed E-state index contributed by atoms with van der Waals surface area (Å²) in [5, 5.41) is 3.06. The van der Waals surface area contributed by atoms with Crippen molar-refractivity contribution < 1.29 is 4.79 Å². The molecule has 4 heteroatoms. The van der Waals surface area contributed by atoms with Crippen LogP contribution in [0.15, 0.2) is 12.3 Å². The zero-order valence-corrected chi connectivity index (χ0v) is 9.12.